The monoisotopic (exact) mass is 226 g/mol. The lowest BCUT2D eigenvalue weighted by atomic mass is 9.81. The molecule has 0 saturated carbocycles. The third-order valence-electron chi connectivity index (χ3n) is 4.18. The zero-order chi connectivity index (χ0) is 12.3. The highest BCUT2D eigenvalue weighted by atomic mass is 15.2. The van der Waals surface area contributed by atoms with Gasteiger partial charge in [0.2, 0.25) is 0 Å². The van der Waals surface area contributed by atoms with E-state index in [1.54, 1.807) is 0 Å². The Morgan fingerprint density at radius 2 is 1.69 bits per heavy atom. The van der Waals surface area contributed by atoms with Crippen LogP contribution in [0.25, 0.3) is 0 Å². The number of piperidine rings is 1. The molecular weight excluding hydrogens is 196 g/mol. The summed E-state index contributed by atoms with van der Waals surface area (Å²) in [5, 5.41) is 0. The van der Waals surface area contributed by atoms with Crippen LogP contribution in [0.3, 0.4) is 0 Å². The van der Waals surface area contributed by atoms with Gasteiger partial charge in [0, 0.05) is 12.6 Å². The lowest BCUT2D eigenvalue weighted by molar-refractivity contribution is 0.0599. The number of rotatable bonds is 3. The molecule has 1 aliphatic heterocycles. The van der Waals surface area contributed by atoms with Gasteiger partial charge < -0.3 is 5.73 Å². The fourth-order valence-corrected chi connectivity index (χ4v) is 2.95. The fraction of sp³-hybridized carbons (Fsp3) is 1.00. The van der Waals surface area contributed by atoms with Gasteiger partial charge in [-0.25, -0.2) is 0 Å². The quantitative estimate of drug-likeness (QED) is 0.802. The Labute approximate surface area is 102 Å². The summed E-state index contributed by atoms with van der Waals surface area (Å²) in [7, 11) is 0. The second-order valence-corrected chi connectivity index (χ2v) is 6.73. The van der Waals surface area contributed by atoms with Crippen molar-refractivity contribution in [2.45, 2.75) is 53.5 Å². The van der Waals surface area contributed by atoms with Gasteiger partial charge in [-0.1, -0.05) is 34.6 Å². The minimum atomic E-state index is 0.305. The Balaban J connectivity index is 2.52. The van der Waals surface area contributed by atoms with E-state index in [0.717, 1.165) is 18.4 Å². The van der Waals surface area contributed by atoms with Crippen molar-refractivity contribution >= 4 is 0 Å². The lowest BCUT2D eigenvalue weighted by Gasteiger charge is -2.43. The predicted molar refractivity (Wildman–Crippen MR) is 71.4 cm³/mol. The highest BCUT2D eigenvalue weighted by Gasteiger charge is 2.32. The third kappa shape index (κ3) is 3.46. The Kier molecular flexibility index (Phi) is 4.81. The van der Waals surface area contributed by atoms with E-state index in [1.807, 2.05) is 0 Å². The minimum Gasteiger partial charge on any atom is -0.329 e. The maximum Gasteiger partial charge on any atom is 0.0266 e. The van der Waals surface area contributed by atoms with Crippen LogP contribution in [0, 0.1) is 17.3 Å². The molecule has 0 bridgehead atoms. The zero-order valence-corrected chi connectivity index (χ0v) is 11.8. The molecule has 2 N–H and O–H groups in total. The molecule has 0 aliphatic carbocycles. The third-order valence-corrected chi connectivity index (χ3v) is 4.18. The maximum atomic E-state index is 5.94. The summed E-state index contributed by atoms with van der Waals surface area (Å²) in [5.41, 5.74) is 6.25. The average Bonchev–Trinajstić information content (AvgIpc) is 2.17. The summed E-state index contributed by atoms with van der Waals surface area (Å²) in [6.07, 6.45) is 2.70. The average molecular weight is 226 g/mol. The highest BCUT2D eigenvalue weighted by molar-refractivity contribution is 4.87. The van der Waals surface area contributed by atoms with E-state index in [-0.39, 0.29) is 0 Å². The molecule has 0 aromatic heterocycles. The van der Waals surface area contributed by atoms with E-state index in [9.17, 15) is 0 Å². The van der Waals surface area contributed by atoms with Crippen LogP contribution in [0.5, 0.6) is 0 Å². The zero-order valence-electron chi connectivity index (χ0n) is 11.8. The fourth-order valence-electron chi connectivity index (χ4n) is 2.95. The molecule has 16 heavy (non-hydrogen) atoms. The first kappa shape index (κ1) is 14.0. The molecule has 96 valence electrons. The van der Waals surface area contributed by atoms with E-state index in [2.05, 4.69) is 39.5 Å². The van der Waals surface area contributed by atoms with E-state index < -0.39 is 0 Å². The van der Waals surface area contributed by atoms with Crippen LogP contribution in [-0.2, 0) is 0 Å². The van der Waals surface area contributed by atoms with Crippen molar-refractivity contribution in [2.75, 3.05) is 19.6 Å². The van der Waals surface area contributed by atoms with Crippen molar-refractivity contribution < 1.29 is 0 Å². The van der Waals surface area contributed by atoms with Crippen molar-refractivity contribution in [1.82, 2.24) is 4.90 Å². The minimum absolute atomic E-state index is 0.305. The molecule has 2 nitrogen and oxygen atoms in total. The van der Waals surface area contributed by atoms with Gasteiger partial charge in [-0.05, 0) is 43.2 Å². The topological polar surface area (TPSA) is 29.3 Å². The second-order valence-electron chi connectivity index (χ2n) is 6.73. The number of hydrogen-bond donors (Lipinski definition) is 1. The summed E-state index contributed by atoms with van der Waals surface area (Å²) < 4.78 is 0. The highest BCUT2D eigenvalue weighted by Crippen LogP contribution is 2.30. The Hall–Kier alpha value is -0.0800. The summed E-state index contributed by atoms with van der Waals surface area (Å²) in [4.78, 5) is 2.61. The first-order valence-electron chi connectivity index (χ1n) is 6.80. The molecule has 1 unspecified atom stereocenters. The van der Waals surface area contributed by atoms with Gasteiger partial charge in [-0.2, -0.15) is 0 Å². The summed E-state index contributed by atoms with van der Waals surface area (Å²) in [6.45, 7) is 14.9. The predicted octanol–water partition coefficient (Wildman–Crippen LogP) is 2.73. The number of nitrogens with two attached hydrogens (primary N) is 1. The van der Waals surface area contributed by atoms with Crippen LogP contribution in [0.15, 0.2) is 0 Å². The van der Waals surface area contributed by atoms with Crippen LogP contribution in [0.1, 0.15) is 47.5 Å². The Bertz CT molecular complexity index is 197. The smallest absolute Gasteiger partial charge is 0.0266 e. The molecule has 1 heterocycles. The first-order chi connectivity index (χ1) is 7.36. The van der Waals surface area contributed by atoms with Crippen molar-refractivity contribution in [2.24, 2.45) is 23.0 Å². The largest absolute Gasteiger partial charge is 0.329 e. The molecule has 0 radical (unpaired) electrons. The SMILES string of the molecule is CC(C)C1CCN(C(CN)C(C)(C)C)CC1. The number of hydrogen-bond acceptors (Lipinski definition) is 2. The number of likely N-dealkylation sites (tertiary alicyclic amines) is 1. The van der Waals surface area contributed by atoms with Gasteiger partial charge in [0.05, 0.1) is 0 Å². The molecule has 1 aliphatic rings. The van der Waals surface area contributed by atoms with Crippen molar-refractivity contribution in [1.29, 1.82) is 0 Å². The molecule has 2 heteroatoms. The standard InChI is InChI=1S/C14H30N2/c1-11(2)12-6-8-16(9-7-12)13(10-15)14(3,4)5/h11-13H,6-10,15H2,1-5H3. The molecule has 1 fully saturated rings. The van der Waals surface area contributed by atoms with E-state index in [4.69, 9.17) is 5.73 Å². The van der Waals surface area contributed by atoms with E-state index >= 15 is 0 Å². The van der Waals surface area contributed by atoms with Crippen LogP contribution >= 0.6 is 0 Å². The number of nitrogens with zero attached hydrogens (tertiary/aromatic N) is 1. The van der Waals surface area contributed by atoms with Gasteiger partial charge in [-0.3, -0.25) is 4.90 Å². The van der Waals surface area contributed by atoms with Crippen LogP contribution in [-0.4, -0.2) is 30.6 Å². The van der Waals surface area contributed by atoms with Crippen molar-refractivity contribution in [3.8, 4) is 0 Å². The normalized spacial score (nSPS) is 22.7. The molecule has 0 spiro atoms. The van der Waals surface area contributed by atoms with Crippen molar-refractivity contribution in [3.63, 3.8) is 0 Å². The molecule has 1 atom stereocenters. The summed E-state index contributed by atoms with van der Waals surface area (Å²) in [5.74, 6) is 1.77. The molecule has 0 amide bonds. The Morgan fingerprint density at radius 1 is 1.19 bits per heavy atom. The van der Waals surface area contributed by atoms with Gasteiger partial charge in [0.1, 0.15) is 0 Å². The molecular formula is C14H30N2. The molecule has 1 rings (SSSR count). The van der Waals surface area contributed by atoms with Crippen LogP contribution < -0.4 is 5.73 Å². The van der Waals surface area contributed by atoms with Gasteiger partial charge in [0.25, 0.3) is 0 Å². The first-order valence-corrected chi connectivity index (χ1v) is 6.80. The van der Waals surface area contributed by atoms with Crippen LogP contribution in [0.4, 0.5) is 0 Å². The van der Waals surface area contributed by atoms with Crippen molar-refractivity contribution in [3.05, 3.63) is 0 Å². The summed E-state index contributed by atoms with van der Waals surface area (Å²) in [6, 6.07) is 0.542. The lowest BCUT2D eigenvalue weighted by Crippen LogP contribution is -2.51. The second kappa shape index (κ2) is 5.50. The Morgan fingerprint density at radius 3 is 2.00 bits per heavy atom. The van der Waals surface area contributed by atoms with E-state index in [1.165, 1.54) is 25.9 Å². The molecule has 1 saturated heterocycles. The maximum absolute atomic E-state index is 5.94. The molecule has 0 aromatic carbocycles. The van der Waals surface area contributed by atoms with Crippen LogP contribution in [0.2, 0.25) is 0 Å². The van der Waals surface area contributed by atoms with Gasteiger partial charge >= 0.3 is 0 Å². The summed E-state index contributed by atoms with van der Waals surface area (Å²) >= 11 is 0. The van der Waals surface area contributed by atoms with Gasteiger partial charge in [-0.15, -0.1) is 0 Å². The molecule has 0 aromatic rings. The van der Waals surface area contributed by atoms with E-state index in [0.29, 0.717) is 11.5 Å². The van der Waals surface area contributed by atoms with Gasteiger partial charge in [0.15, 0.2) is 0 Å².